The van der Waals surface area contributed by atoms with Crippen molar-refractivity contribution in [3.05, 3.63) is 0 Å². The Balaban J connectivity index is 2.97. The molecule has 0 aliphatic rings. The molecule has 3 heteroatoms. The van der Waals surface area contributed by atoms with E-state index in [1.807, 2.05) is 0 Å². The van der Waals surface area contributed by atoms with Gasteiger partial charge in [-0.1, -0.05) is 116 Å². The normalized spacial score (nSPS) is 11.0. The van der Waals surface area contributed by atoms with Gasteiger partial charge in [0.1, 0.15) is 0 Å². The maximum Gasteiger partial charge on any atom is 0.315 e. The van der Waals surface area contributed by atoms with Crippen LogP contribution in [0.3, 0.4) is 0 Å². The van der Waals surface area contributed by atoms with Crippen LogP contribution in [0, 0.1) is 0 Å². The highest BCUT2D eigenvalue weighted by atomic mass is 31.1. The molecule has 0 atom stereocenters. The fourth-order valence-electron chi connectivity index (χ4n) is 3.14. The van der Waals surface area contributed by atoms with Gasteiger partial charge in [-0.2, -0.15) is 0 Å². The molecule has 0 spiro atoms. The molecule has 0 heterocycles. The molecule has 0 aromatic carbocycles. The lowest BCUT2D eigenvalue weighted by molar-refractivity contribution is 0.510. The van der Waals surface area contributed by atoms with Gasteiger partial charge < -0.3 is 0 Å². The van der Waals surface area contributed by atoms with E-state index in [9.17, 15) is 9.13 Å². The Morgan fingerprint density at radius 1 is 0.435 bits per heavy atom. The van der Waals surface area contributed by atoms with Crippen LogP contribution in [-0.4, -0.2) is 6.16 Å². The van der Waals surface area contributed by atoms with Crippen molar-refractivity contribution in [3.8, 4) is 0 Å². The van der Waals surface area contributed by atoms with Crippen molar-refractivity contribution in [2.45, 2.75) is 122 Å². The zero-order valence-electron chi connectivity index (χ0n) is 15.7. The highest BCUT2D eigenvalue weighted by molar-refractivity contribution is 7.30. The van der Waals surface area contributed by atoms with Crippen molar-refractivity contribution in [1.29, 1.82) is 0 Å². The van der Waals surface area contributed by atoms with Gasteiger partial charge in [-0.05, 0) is 6.42 Å². The predicted molar refractivity (Wildman–Crippen MR) is 102 cm³/mol. The van der Waals surface area contributed by atoms with Crippen LogP contribution >= 0.6 is 7.68 Å². The highest BCUT2D eigenvalue weighted by Crippen LogP contribution is 2.15. The second-order valence-electron chi connectivity index (χ2n) is 7.07. The number of unbranched alkanes of at least 4 members (excludes halogenated alkanes) is 17. The lowest BCUT2D eigenvalue weighted by Crippen LogP contribution is -1.84. The molecule has 0 aliphatic carbocycles. The lowest BCUT2D eigenvalue weighted by atomic mass is 10.0. The fourth-order valence-corrected chi connectivity index (χ4v) is 3.62. The van der Waals surface area contributed by atoms with Gasteiger partial charge >= 0.3 is 7.68 Å². The average Bonchev–Trinajstić information content (AvgIpc) is 2.53. The van der Waals surface area contributed by atoms with E-state index >= 15 is 0 Å². The minimum absolute atomic E-state index is 0.383. The fraction of sp³-hybridized carbons (Fsp3) is 1.00. The van der Waals surface area contributed by atoms with Crippen molar-refractivity contribution in [3.63, 3.8) is 0 Å². The minimum Gasteiger partial charge on any atom is -0.237 e. The average molecular weight is 345 g/mol. The first-order chi connectivity index (χ1) is 11.3. The maximum atomic E-state index is 10.4. The molecule has 2 nitrogen and oxygen atoms in total. The van der Waals surface area contributed by atoms with Crippen LogP contribution < -0.4 is 0 Å². The van der Waals surface area contributed by atoms with E-state index in [-0.39, 0.29) is 0 Å². The standard InChI is InChI=1S/C20H41O2P/c1-2-3-4-5-6-7-8-9-10-11-12-13-14-15-16-17-18-19-20-23(21)22/h2-20H2,1H3. The molecular weight excluding hydrogens is 303 g/mol. The Hall–Kier alpha value is -0.100. The first kappa shape index (κ1) is 22.9. The van der Waals surface area contributed by atoms with Gasteiger partial charge in [0.15, 0.2) is 0 Å². The Morgan fingerprint density at radius 3 is 0.957 bits per heavy atom. The molecule has 23 heavy (non-hydrogen) atoms. The molecular formula is C20H41O2P. The second-order valence-corrected chi connectivity index (χ2v) is 8.18. The molecule has 0 aliphatic heterocycles. The Bertz CT molecular complexity index is 279. The van der Waals surface area contributed by atoms with Crippen molar-refractivity contribution < 1.29 is 9.13 Å². The SMILES string of the molecule is CCCCCCCCCCCCCCCCCCCCP(=O)=O. The number of hydrogen-bond acceptors (Lipinski definition) is 2. The summed E-state index contributed by atoms with van der Waals surface area (Å²) in [6, 6.07) is 0. The van der Waals surface area contributed by atoms with Crippen molar-refractivity contribution in [2.75, 3.05) is 6.16 Å². The van der Waals surface area contributed by atoms with Gasteiger partial charge in [-0.15, -0.1) is 0 Å². The molecule has 0 fully saturated rings. The molecule has 0 radical (unpaired) electrons. The van der Waals surface area contributed by atoms with Gasteiger partial charge in [0, 0.05) is 0 Å². The zero-order valence-corrected chi connectivity index (χ0v) is 16.6. The van der Waals surface area contributed by atoms with E-state index in [4.69, 9.17) is 0 Å². The van der Waals surface area contributed by atoms with Gasteiger partial charge in [-0.25, -0.2) is 9.13 Å². The molecule has 0 aromatic heterocycles. The summed E-state index contributed by atoms with van der Waals surface area (Å²) in [5.74, 6) is 0. The van der Waals surface area contributed by atoms with E-state index in [1.165, 1.54) is 103 Å². The summed E-state index contributed by atoms with van der Waals surface area (Å²) >= 11 is 0. The van der Waals surface area contributed by atoms with E-state index in [0.717, 1.165) is 12.8 Å². The van der Waals surface area contributed by atoms with Gasteiger partial charge in [-0.3, -0.25) is 0 Å². The van der Waals surface area contributed by atoms with Crippen LogP contribution in [0.25, 0.3) is 0 Å². The van der Waals surface area contributed by atoms with Crippen molar-refractivity contribution in [2.24, 2.45) is 0 Å². The predicted octanol–water partition coefficient (Wildman–Crippen LogP) is 8.20. The van der Waals surface area contributed by atoms with Crippen LogP contribution in [0.1, 0.15) is 122 Å². The van der Waals surface area contributed by atoms with Crippen LogP contribution in [-0.2, 0) is 9.13 Å². The Kier molecular flexibility index (Phi) is 19.9. The second kappa shape index (κ2) is 19.9. The first-order valence-corrected chi connectivity index (χ1v) is 11.8. The third-order valence-electron chi connectivity index (χ3n) is 4.69. The van der Waals surface area contributed by atoms with Crippen LogP contribution in [0.2, 0.25) is 0 Å². The first-order valence-electron chi connectivity index (χ1n) is 10.4. The van der Waals surface area contributed by atoms with Gasteiger partial charge in [0.25, 0.3) is 0 Å². The molecule has 0 bridgehead atoms. The molecule has 0 unspecified atom stereocenters. The van der Waals surface area contributed by atoms with Crippen molar-refractivity contribution >= 4 is 7.68 Å². The Morgan fingerprint density at radius 2 is 0.696 bits per heavy atom. The summed E-state index contributed by atoms with van der Waals surface area (Å²) in [5, 5.41) is 0. The molecule has 138 valence electrons. The van der Waals surface area contributed by atoms with Crippen LogP contribution in [0.5, 0.6) is 0 Å². The number of rotatable bonds is 19. The summed E-state index contributed by atoms with van der Waals surface area (Å²) < 4.78 is 20.8. The summed E-state index contributed by atoms with van der Waals surface area (Å²) in [4.78, 5) is 0. The van der Waals surface area contributed by atoms with E-state index < -0.39 is 7.68 Å². The molecule has 0 N–H and O–H groups in total. The van der Waals surface area contributed by atoms with Crippen LogP contribution in [0.15, 0.2) is 0 Å². The van der Waals surface area contributed by atoms with E-state index in [1.54, 1.807) is 0 Å². The quantitative estimate of drug-likeness (QED) is 0.175. The lowest BCUT2D eigenvalue weighted by Gasteiger charge is -2.03. The van der Waals surface area contributed by atoms with Crippen molar-refractivity contribution in [1.82, 2.24) is 0 Å². The maximum absolute atomic E-state index is 10.4. The summed E-state index contributed by atoms with van der Waals surface area (Å²) in [5.41, 5.74) is 0. The largest absolute Gasteiger partial charge is 0.315 e. The number of hydrogen-bond donors (Lipinski definition) is 0. The molecule has 0 saturated heterocycles. The summed E-state index contributed by atoms with van der Waals surface area (Å²) in [7, 11) is -2.14. The third kappa shape index (κ3) is 21.9. The Labute approximate surface area is 146 Å². The zero-order chi connectivity index (χ0) is 17.0. The highest BCUT2D eigenvalue weighted by Gasteiger charge is 1.96. The molecule has 0 amide bonds. The smallest absolute Gasteiger partial charge is 0.237 e. The molecule has 0 aromatic rings. The summed E-state index contributed by atoms with van der Waals surface area (Å²) in [6.07, 6.45) is 24.6. The molecule has 0 rings (SSSR count). The summed E-state index contributed by atoms with van der Waals surface area (Å²) in [6.45, 7) is 2.28. The topological polar surface area (TPSA) is 34.1 Å². The molecule has 0 saturated carbocycles. The minimum atomic E-state index is -2.14. The van der Waals surface area contributed by atoms with E-state index in [2.05, 4.69) is 6.92 Å². The monoisotopic (exact) mass is 344 g/mol. The van der Waals surface area contributed by atoms with Gasteiger partial charge in [0.2, 0.25) is 0 Å². The van der Waals surface area contributed by atoms with Crippen LogP contribution in [0.4, 0.5) is 0 Å². The van der Waals surface area contributed by atoms with E-state index in [0.29, 0.717) is 6.16 Å². The third-order valence-corrected chi connectivity index (χ3v) is 5.38. The van der Waals surface area contributed by atoms with Gasteiger partial charge in [0.05, 0.1) is 6.16 Å².